The van der Waals surface area contributed by atoms with Gasteiger partial charge in [0, 0.05) is 35.5 Å². The second-order valence-corrected chi connectivity index (χ2v) is 9.23. The summed E-state index contributed by atoms with van der Waals surface area (Å²) in [6, 6.07) is 5.22. The Morgan fingerprint density at radius 2 is 2.13 bits per heavy atom. The van der Waals surface area contributed by atoms with E-state index in [9.17, 15) is 9.59 Å². The highest BCUT2D eigenvalue weighted by atomic mass is 35.5. The van der Waals surface area contributed by atoms with Crippen LogP contribution in [0, 0.1) is 5.92 Å². The summed E-state index contributed by atoms with van der Waals surface area (Å²) in [6.45, 7) is 5.67. The summed E-state index contributed by atoms with van der Waals surface area (Å²) in [6.07, 6.45) is 2.24. The number of nitrogens with zero attached hydrogens (tertiary/aromatic N) is 5. The number of benzene rings is 1. The van der Waals surface area contributed by atoms with E-state index in [1.54, 1.807) is 16.8 Å². The van der Waals surface area contributed by atoms with Crippen LogP contribution in [0.3, 0.4) is 0 Å². The first-order valence-electron chi connectivity index (χ1n) is 10.4. The van der Waals surface area contributed by atoms with E-state index in [4.69, 9.17) is 28.2 Å². The van der Waals surface area contributed by atoms with Gasteiger partial charge in [0.1, 0.15) is 5.82 Å². The molecular formula is C21H24Cl2N6O2. The van der Waals surface area contributed by atoms with Crippen LogP contribution < -0.4 is 5.56 Å². The fourth-order valence-corrected chi connectivity index (χ4v) is 4.37. The zero-order valence-electron chi connectivity index (χ0n) is 17.4. The minimum absolute atomic E-state index is 0.0376. The van der Waals surface area contributed by atoms with E-state index in [1.165, 1.54) is 0 Å². The lowest BCUT2D eigenvalue weighted by Gasteiger charge is -2.32. The highest BCUT2D eigenvalue weighted by Gasteiger charge is 2.27. The molecule has 2 aromatic heterocycles. The molecule has 0 aliphatic carbocycles. The SMILES string of the molecule is CC(C)CC(=O)N1CCC[C@@H](c2nc3c(nnn3Cc3ccc(Cl)cc3Cl)c(=O)[nH]2)C1. The van der Waals surface area contributed by atoms with Gasteiger partial charge in [-0.1, -0.05) is 48.3 Å². The maximum atomic E-state index is 12.6. The van der Waals surface area contributed by atoms with Gasteiger partial charge in [0.05, 0.1) is 6.54 Å². The van der Waals surface area contributed by atoms with Gasteiger partial charge >= 0.3 is 0 Å². The second kappa shape index (κ2) is 8.96. The van der Waals surface area contributed by atoms with Crippen LogP contribution in [0.5, 0.6) is 0 Å². The zero-order valence-corrected chi connectivity index (χ0v) is 18.9. The molecule has 1 N–H and O–H groups in total. The maximum absolute atomic E-state index is 12.6. The number of fused-ring (bicyclic) bond motifs is 1. The molecule has 4 rings (SSSR count). The number of amides is 1. The summed E-state index contributed by atoms with van der Waals surface area (Å²) in [5, 5.41) is 9.15. The van der Waals surface area contributed by atoms with Gasteiger partial charge < -0.3 is 9.88 Å². The molecule has 1 saturated heterocycles. The molecule has 8 nitrogen and oxygen atoms in total. The van der Waals surface area contributed by atoms with Crippen molar-refractivity contribution in [3.05, 3.63) is 50.0 Å². The lowest BCUT2D eigenvalue weighted by atomic mass is 9.96. The molecule has 0 spiro atoms. The van der Waals surface area contributed by atoms with Crippen molar-refractivity contribution in [3.8, 4) is 0 Å². The summed E-state index contributed by atoms with van der Waals surface area (Å²) in [4.78, 5) is 34.6. The average Bonchev–Trinajstić information content (AvgIpc) is 3.13. The van der Waals surface area contributed by atoms with Gasteiger partial charge in [0.15, 0.2) is 11.2 Å². The number of nitrogens with one attached hydrogen (secondary N) is 1. The van der Waals surface area contributed by atoms with E-state index in [0.717, 1.165) is 24.9 Å². The first-order valence-corrected chi connectivity index (χ1v) is 11.1. The van der Waals surface area contributed by atoms with Gasteiger partial charge in [0.2, 0.25) is 5.91 Å². The number of halogens is 2. The van der Waals surface area contributed by atoms with Crippen LogP contribution in [0.15, 0.2) is 23.0 Å². The van der Waals surface area contributed by atoms with Crippen molar-refractivity contribution in [3.63, 3.8) is 0 Å². The topological polar surface area (TPSA) is 96.8 Å². The van der Waals surface area contributed by atoms with Crippen molar-refractivity contribution in [2.75, 3.05) is 13.1 Å². The highest BCUT2D eigenvalue weighted by Crippen LogP contribution is 2.26. The Hall–Kier alpha value is -2.45. The number of piperidine rings is 1. The zero-order chi connectivity index (χ0) is 22.1. The summed E-state index contributed by atoms with van der Waals surface area (Å²) in [5.41, 5.74) is 1.04. The number of aromatic nitrogens is 5. The molecule has 3 aromatic rings. The molecular weight excluding hydrogens is 439 g/mol. The Kier molecular flexibility index (Phi) is 6.29. The summed E-state index contributed by atoms with van der Waals surface area (Å²) in [7, 11) is 0. The molecule has 0 unspecified atom stereocenters. The number of carbonyl (C=O) groups is 1. The number of rotatable bonds is 5. The van der Waals surface area contributed by atoms with Gasteiger partial charge in [-0.05, 0) is 36.5 Å². The van der Waals surface area contributed by atoms with Crippen LogP contribution in [0.4, 0.5) is 0 Å². The molecule has 1 amide bonds. The van der Waals surface area contributed by atoms with E-state index in [2.05, 4.69) is 15.3 Å². The molecule has 164 valence electrons. The van der Waals surface area contributed by atoms with Crippen molar-refractivity contribution in [2.45, 2.75) is 45.6 Å². The van der Waals surface area contributed by atoms with E-state index in [0.29, 0.717) is 46.9 Å². The first-order chi connectivity index (χ1) is 14.8. The van der Waals surface area contributed by atoms with E-state index in [1.807, 2.05) is 24.8 Å². The van der Waals surface area contributed by atoms with E-state index in [-0.39, 0.29) is 22.9 Å². The van der Waals surface area contributed by atoms with Crippen molar-refractivity contribution < 1.29 is 4.79 Å². The van der Waals surface area contributed by atoms with Crippen molar-refractivity contribution in [1.29, 1.82) is 0 Å². The Balaban J connectivity index is 1.63. The largest absolute Gasteiger partial charge is 0.342 e. The van der Waals surface area contributed by atoms with Crippen LogP contribution in [0.1, 0.15) is 50.4 Å². The molecule has 0 saturated carbocycles. The fraction of sp³-hybridized carbons (Fsp3) is 0.476. The normalized spacial score (nSPS) is 16.9. The van der Waals surface area contributed by atoms with Crippen LogP contribution in [0.2, 0.25) is 10.0 Å². The number of carbonyl (C=O) groups excluding carboxylic acids is 1. The minimum Gasteiger partial charge on any atom is -0.342 e. The number of H-pyrrole nitrogens is 1. The summed E-state index contributed by atoms with van der Waals surface area (Å²) >= 11 is 12.3. The van der Waals surface area contributed by atoms with Gasteiger partial charge in [-0.2, -0.15) is 0 Å². The van der Waals surface area contributed by atoms with Crippen LogP contribution in [0.25, 0.3) is 11.2 Å². The number of hydrogen-bond acceptors (Lipinski definition) is 5. The Bertz CT molecular complexity index is 1170. The third kappa shape index (κ3) is 4.75. The Morgan fingerprint density at radius 1 is 1.32 bits per heavy atom. The maximum Gasteiger partial charge on any atom is 0.281 e. The molecule has 1 fully saturated rings. The minimum atomic E-state index is -0.334. The van der Waals surface area contributed by atoms with E-state index < -0.39 is 0 Å². The van der Waals surface area contributed by atoms with Crippen LogP contribution >= 0.6 is 23.2 Å². The smallest absolute Gasteiger partial charge is 0.281 e. The Morgan fingerprint density at radius 3 is 2.87 bits per heavy atom. The molecule has 0 radical (unpaired) electrons. The van der Waals surface area contributed by atoms with Gasteiger partial charge in [-0.3, -0.25) is 9.59 Å². The molecule has 0 bridgehead atoms. The summed E-state index contributed by atoms with van der Waals surface area (Å²) in [5.74, 6) is 0.976. The third-order valence-corrected chi connectivity index (χ3v) is 6.06. The molecule has 1 aromatic carbocycles. The average molecular weight is 463 g/mol. The molecule has 1 atom stereocenters. The van der Waals surface area contributed by atoms with Gasteiger partial charge in [-0.25, -0.2) is 9.67 Å². The Labute approximate surface area is 189 Å². The highest BCUT2D eigenvalue weighted by molar-refractivity contribution is 6.35. The summed E-state index contributed by atoms with van der Waals surface area (Å²) < 4.78 is 1.56. The van der Waals surface area contributed by atoms with Crippen molar-refractivity contribution in [1.82, 2.24) is 29.9 Å². The molecule has 31 heavy (non-hydrogen) atoms. The van der Waals surface area contributed by atoms with Gasteiger partial charge in [-0.15, -0.1) is 5.10 Å². The lowest BCUT2D eigenvalue weighted by Crippen LogP contribution is -2.40. The van der Waals surface area contributed by atoms with E-state index >= 15 is 0 Å². The lowest BCUT2D eigenvalue weighted by molar-refractivity contribution is -0.133. The standard InChI is InChI=1S/C21H24Cl2N6O2/c1-12(2)8-17(30)28-7-3-4-14(10-28)19-24-20-18(21(31)25-19)26-27-29(20)11-13-5-6-15(22)9-16(13)23/h5-6,9,12,14H,3-4,7-8,10-11H2,1-2H3,(H,24,25,31)/t14-/m1/s1. The molecule has 10 heteroatoms. The van der Waals surface area contributed by atoms with Gasteiger partial charge in [0.25, 0.3) is 5.56 Å². The second-order valence-electron chi connectivity index (χ2n) is 8.38. The fourth-order valence-electron chi connectivity index (χ4n) is 3.90. The number of hydrogen-bond donors (Lipinski definition) is 1. The van der Waals surface area contributed by atoms with Crippen LogP contribution in [-0.2, 0) is 11.3 Å². The molecule has 1 aliphatic heterocycles. The third-order valence-electron chi connectivity index (χ3n) is 5.47. The first kappa shape index (κ1) is 21.8. The van der Waals surface area contributed by atoms with Crippen molar-refractivity contribution >= 4 is 40.3 Å². The predicted octanol–water partition coefficient (Wildman–Crippen LogP) is 3.62. The molecule has 1 aliphatic rings. The predicted molar refractivity (Wildman–Crippen MR) is 120 cm³/mol. The quantitative estimate of drug-likeness (QED) is 0.624. The molecule has 3 heterocycles. The van der Waals surface area contributed by atoms with Crippen molar-refractivity contribution in [2.24, 2.45) is 5.92 Å². The number of aromatic amines is 1. The number of likely N-dealkylation sites (tertiary alicyclic amines) is 1. The monoisotopic (exact) mass is 462 g/mol. The van der Waals surface area contributed by atoms with Crippen LogP contribution in [-0.4, -0.2) is 48.9 Å².